The molecule has 0 aromatic heterocycles. The Labute approximate surface area is 224 Å². The first kappa shape index (κ1) is 27.1. The van der Waals surface area contributed by atoms with E-state index < -0.39 is 6.04 Å². The van der Waals surface area contributed by atoms with E-state index in [0.29, 0.717) is 12.8 Å². The fraction of sp³-hybridized carbons (Fsp3) is 0.273. The van der Waals surface area contributed by atoms with E-state index in [-0.39, 0.29) is 36.6 Å². The highest BCUT2D eigenvalue weighted by atomic mass is 19.1. The number of carbonyl (C=O) groups is 2. The molecule has 0 aliphatic carbocycles. The maximum atomic E-state index is 13.9. The SMILES string of the molecule is CCC(C)NC(=O)C(Cc1ccccc1)N(Cc1ccc(F)cc1)C(=O)CCc1cccc2ccccc12. The van der Waals surface area contributed by atoms with Gasteiger partial charge in [0.05, 0.1) is 0 Å². The first-order valence-electron chi connectivity index (χ1n) is 13.3. The zero-order chi connectivity index (χ0) is 26.9. The zero-order valence-corrected chi connectivity index (χ0v) is 22.1. The van der Waals surface area contributed by atoms with Crippen molar-refractivity contribution in [3.63, 3.8) is 0 Å². The third-order valence-electron chi connectivity index (χ3n) is 7.03. The number of benzene rings is 4. The molecule has 2 atom stereocenters. The van der Waals surface area contributed by atoms with E-state index in [1.54, 1.807) is 17.0 Å². The second-order valence-electron chi connectivity index (χ2n) is 9.81. The van der Waals surface area contributed by atoms with Gasteiger partial charge in [-0.2, -0.15) is 0 Å². The van der Waals surface area contributed by atoms with E-state index in [1.807, 2.05) is 62.4 Å². The Hall–Kier alpha value is -3.99. The Morgan fingerprint density at radius 2 is 1.53 bits per heavy atom. The second kappa shape index (κ2) is 13.0. The third kappa shape index (κ3) is 7.06. The molecule has 0 aliphatic rings. The van der Waals surface area contributed by atoms with Gasteiger partial charge in [0, 0.05) is 25.4 Å². The van der Waals surface area contributed by atoms with Crippen LogP contribution in [0.15, 0.2) is 97.1 Å². The summed E-state index contributed by atoms with van der Waals surface area (Å²) in [5.41, 5.74) is 2.85. The monoisotopic (exact) mass is 510 g/mol. The molecule has 5 heteroatoms. The molecule has 0 heterocycles. The largest absolute Gasteiger partial charge is 0.352 e. The molecule has 0 bridgehead atoms. The highest BCUT2D eigenvalue weighted by molar-refractivity contribution is 5.89. The van der Waals surface area contributed by atoms with Gasteiger partial charge in [0.15, 0.2) is 0 Å². The molecule has 196 valence electrons. The van der Waals surface area contributed by atoms with Crippen LogP contribution in [-0.2, 0) is 29.0 Å². The number of carbonyl (C=O) groups excluding carboxylic acids is 2. The van der Waals surface area contributed by atoms with Crippen molar-refractivity contribution in [2.75, 3.05) is 0 Å². The van der Waals surface area contributed by atoms with Crippen LogP contribution in [0.2, 0.25) is 0 Å². The average molecular weight is 511 g/mol. The van der Waals surface area contributed by atoms with Gasteiger partial charge < -0.3 is 10.2 Å². The van der Waals surface area contributed by atoms with Crippen molar-refractivity contribution in [2.24, 2.45) is 0 Å². The maximum absolute atomic E-state index is 13.9. The van der Waals surface area contributed by atoms with Gasteiger partial charge in [-0.25, -0.2) is 4.39 Å². The lowest BCUT2D eigenvalue weighted by atomic mass is 9.99. The topological polar surface area (TPSA) is 49.4 Å². The van der Waals surface area contributed by atoms with Gasteiger partial charge >= 0.3 is 0 Å². The van der Waals surface area contributed by atoms with Gasteiger partial charge in [-0.1, -0.05) is 91.9 Å². The molecule has 4 aromatic rings. The summed E-state index contributed by atoms with van der Waals surface area (Å²) in [6.45, 7) is 4.20. The fourth-order valence-corrected chi connectivity index (χ4v) is 4.68. The number of fused-ring (bicyclic) bond motifs is 1. The van der Waals surface area contributed by atoms with Crippen LogP contribution in [0, 0.1) is 5.82 Å². The van der Waals surface area contributed by atoms with E-state index in [0.717, 1.165) is 33.9 Å². The number of hydrogen-bond acceptors (Lipinski definition) is 2. The van der Waals surface area contributed by atoms with Crippen LogP contribution >= 0.6 is 0 Å². The second-order valence-corrected chi connectivity index (χ2v) is 9.81. The van der Waals surface area contributed by atoms with Crippen LogP contribution in [0.3, 0.4) is 0 Å². The van der Waals surface area contributed by atoms with Gasteiger partial charge in [0.2, 0.25) is 11.8 Å². The normalized spacial score (nSPS) is 12.6. The molecular formula is C33H35FN2O2. The summed E-state index contributed by atoms with van der Waals surface area (Å²) in [4.78, 5) is 29.1. The fourth-order valence-electron chi connectivity index (χ4n) is 4.68. The summed E-state index contributed by atoms with van der Waals surface area (Å²) in [6, 6.07) is 29.4. The van der Waals surface area contributed by atoms with Crippen LogP contribution in [0.1, 0.15) is 43.4 Å². The Kier molecular flexibility index (Phi) is 9.26. The Balaban J connectivity index is 1.64. The molecule has 2 amide bonds. The van der Waals surface area contributed by atoms with E-state index in [4.69, 9.17) is 0 Å². The number of rotatable bonds is 11. The van der Waals surface area contributed by atoms with Crippen LogP contribution in [-0.4, -0.2) is 28.8 Å². The van der Waals surface area contributed by atoms with Gasteiger partial charge in [0.25, 0.3) is 0 Å². The summed E-state index contributed by atoms with van der Waals surface area (Å²) in [5.74, 6) is -0.621. The molecule has 0 aliphatic heterocycles. The number of aryl methyl sites for hydroxylation is 1. The Morgan fingerprint density at radius 3 is 2.26 bits per heavy atom. The number of hydrogen-bond donors (Lipinski definition) is 1. The highest BCUT2D eigenvalue weighted by Gasteiger charge is 2.30. The van der Waals surface area contributed by atoms with Gasteiger partial charge in [-0.15, -0.1) is 0 Å². The molecule has 0 fully saturated rings. The zero-order valence-electron chi connectivity index (χ0n) is 22.1. The van der Waals surface area contributed by atoms with Crippen molar-refractivity contribution in [3.8, 4) is 0 Å². The van der Waals surface area contributed by atoms with Crippen LogP contribution in [0.25, 0.3) is 10.8 Å². The molecular weight excluding hydrogens is 475 g/mol. The standard InChI is InChI=1S/C33H35FN2O2/c1-3-24(2)35-33(38)31(22-25-10-5-4-6-11-25)36(23-26-16-19-29(34)20-17-26)32(37)21-18-28-14-9-13-27-12-7-8-15-30(27)28/h4-17,19-20,24,31H,3,18,21-23H2,1-2H3,(H,35,38). The molecule has 4 nitrogen and oxygen atoms in total. The Bertz CT molecular complexity index is 1350. The molecule has 4 aromatic carbocycles. The number of halogens is 1. The number of nitrogens with zero attached hydrogens (tertiary/aromatic N) is 1. The number of amides is 2. The predicted molar refractivity (Wildman–Crippen MR) is 151 cm³/mol. The minimum Gasteiger partial charge on any atom is -0.352 e. The van der Waals surface area contributed by atoms with Crippen molar-refractivity contribution in [3.05, 3.63) is 120 Å². The smallest absolute Gasteiger partial charge is 0.243 e. The molecule has 0 radical (unpaired) electrons. The van der Waals surface area contributed by atoms with Gasteiger partial charge in [0.1, 0.15) is 11.9 Å². The minimum absolute atomic E-state index is 0.0146. The lowest BCUT2D eigenvalue weighted by Gasteiger charge is -2.32. The van der Waals surface area contributed by atoms with Crippen molar-refractivity contribution in [2.45, 2.75) is 58.2 Å². The quantitative estimate of drug-likeness (QED) is 0.252. The number of nitrogens with one attached hydrogen (secondary N) is 1. The molecule has 0 spiro atoms. The maximum Gasteiger partial charge on any atom is 0.243 e. The minimum atomic E-state index is -0.698. The van der Waals surface area contributed by atoms with Crippen LogP contribution < -0.4 is 5.32 Å². The first-order chi connectivity index (χ1) is 18.4. The van der Waals surface area contributed by atoms with Crippen LogP contribution in [0.4, 0.5) is 4.39 Å². The molecule has 0 saturated carbocycles. The lowest BCUT2D eigenvalue weighted by molar-refractivity contribution is -0.141. The lowest BCUT2D eigenvalue weighted by Crippen LogP contribution is -2.52. The van der Waals surface area contributed by atoms with Crippen molar-refractivity contribution >= 4 is 22.6 Å². The van der Waals surface area contributed by atoms with E-state index in [9.17, 15) is 14.0 Å². The average Bonchev–Trinajstić information content (AvgIpc) is 2.95. The molecule has 4 rings (SSSR count). The summed E-state index contributed by atoms with van der Waals surface area (Å²) in [7, 11) is 0. The summed E-state index contributed by atoms with van der Waals surface area (Å²) >= 11 is 0. The van der Waals surface area contributed by atoms with Crippen molar-refractivity contribution < 1.29 is 14.0 Å². The van der Waals surface area contributed by atoms with Crippen molar-refractivity contribution in [1.82, 2.24) is 10.2 Å². The van der Waals surface area contributed by atoms with E-state index in [1.165, 1.54) is 12.1 Å². The molecule has 2 unspecified atom stereocenters. The third-order valence-corrected chi connectivity index (χ3v) is 7.03. The predicted octanol–water partition coefficient (Wildman–Crippen LogP) is 6.47. The molecule has 1 N–H and O–H groups in total. The van der Waals surface area contributed by atoms with Gasteiger partial charge in [-0.3, -0.25) is 9.59 Å². The van der Waals surface area contributed by atoms with Crippen LogP contribution in [0.5, 0.6) is 0 Å². The van der Waals surface area contributed by atoms with Crippen molar-refractivity contribution in [1.29, 1.82) is 0 Å². The summed E-state index contributed by atoms with van der Waals surface area (Å²) in [5, 5.41) is 5.35. The molecule has 0 saturated heterocycles. The summed E-state index contributed by atoms with van der Waals surface area (Å²) < 4.78 is 13.6. The molecule has 38 heavy (non-hydrogen) atoms. The van der Waals surface area contributed by atoms with E-state index in [2.05, 4.69) is 29.6 Å². The first-order valence-corrected chi connectivity index (χ1v) is 13.3. The highest BCUT2D eigenvalue weighted by Crippen LogP contribution is 2.22. The van der Waals surface area contributed by atoms with Gasteiger partial charge in [-0.05, 0) is 59.4 Å². The van der Waals surface area contributed by atoms with E-state index >= 15 is 0 Å². The summed E-state index contributed by atoms with van der Waals surface area (Å²) in [6.07, 6.45) is 2.00. The Morgan fingerprint density at radius 1 is 0.842 bits per heavy atom.